The molecule has 0 saturated heterocycles. The molecule has 0 heterocycles. The number of hydrogen-bond donors (Lipinski definition) is 0. The smallest absolute Gasteiger partial charge is 0.211 e. The summed E-state index contributed by atoms with van der Waals surface area (Å²) >= 11 is 0. The Morgan fingerprint density at radius 1 is 1.43 bits per heavy atom. The zero-order chi connectivity index (χ0) is 9.97. The molecule has 1 unspecified atom stereocenters. The maximum atomic E-state index is 10.1. The Morgan fingerprint density at radius 3 is 3.07 bits per heavy atom. The van der Waals surface area contributed by atoms with Gasteiger partial charge in [-0.15, -0.1) is 0 Å². The lowest BCUT2D eigenvalue weighted by Gasteiger charge is -2.20. The number of isocyanates is 1. The summed E-state index contributed by atoms with van der Waals surface area (Å²) in [4.78, 5) is 13.9. The molecule has 0 radical (unpaired) electrons. The van der Waals surface area contributed by atoms with E-state index in [1.807, 2.05) is 0 Å². The lowest BCUT2D eigenvalue weighted by Crippen LogP contribution is -2.17. The molecule has 0 aromatic heterocycles. The lowest BCUT2D eigenvalue weighted by atomic mass is 9.88. The van der Waals surface area contributed by atoms with Gasteiger partial charge < -0.3 is 0 Å². The minimum absolute atomic E-state index is 0.155. The average Bonchev–Trinajstić information content (AvgIpc) is 2.19. The van der Waals surface area contributed by atoms with E-state index in [1.165, 1.54) is 16.7 Å². The fourth-order valence-corrected chi connectivity index (χ4v) is 2.05. The van der Waals surface area contributed by atoms with Gasteiger partial charge in [0.05, 0.1) is 6.04 Å². The number of carbonyl (C=O) groups excluding carboxylic acids is 1. The van der Waals surface area contributed by atoms with E-state index in [0.717, 1.165) is 19.3 Å². The van der Waals surface area contributed by atoms with Gasteiger partial charge in [0, 0.05) is 0 Å². The quantitative estimate of drug-likeness (QED) is 0.489. The van der Waals surface area contributed by atoms with Gasteiger partial charge in [-0.3, -0.25) is 0 Å². The summed E-state index contributed by atoms with van der Waals surface area (Å²) in [7, 11) is 0. The Morgan fingerprint density at radius 2 is 2.29 bits per heavy atom. The van der Waals surface area contributed by atoms with Gasteiger partial charge in [-0.1, -0.05) is 23.8 Å². The molecule has 0 amide bonds. The molecular weight excluding hydrogens is 174 g/mol. The molecule has 0 bridgehead atoms. The Hall–Kier alpha value is -1.40. The largest absolute Gasteiger partial charge is 0.235 e. The van der Waals surface area contributed by atoms with Crippen LogP contribution in [-0.4, -0.2) is 12.1 Å². The highest BCUT2D eigenvalue weighted by Crippen LogP contribution is 2.23. The third kappa shape index (κ3) is 1.75. The van der Waals surface area contributed by atoms with Gasteiger partial charge >= 0.3 is 0 Å². The van der Waals surface area contributed by atoms with Crippen molar-refractivity contribution < 1.29 is 4.79 Å². The summed E-state index contributed by atoms with van der Waals surface area (Å²) in [5.74, 6) is 0. The second-order valence-corrected chi connectivity index (χ2v) is 3.89. The molecule has 0 spiro atoms. The standard InChI is InChI=1S/C12H13NO/c1-9-2-3-11-7-12(13-8-14)5-4-10(11)6-9/h2-3,6,12H,4-5,7H2,1H3. The molecule has 1 aliphatic carbocycles. The van der Waals surface area contributed by atoms with Crippen molar-refractivity contribution in [3.05, 3.63) is 34.9 Å². The SMILES string of the molecule is Cc1ccc2c(c1)CCC(N=C=O)C2. The van der Waals surface area contributed by atoms with Crippen LogP contribution in [0.1, 0.15) is 23.1 Å². The van der Waals surface area contributed by atoms with E-state index in [9.17, 15) is 4.79 Å². The minimum atomic E-state index is 0.155. The molecule has 2 nitrogen and oxygen atoms in total. The molecule has 0 saturated carbocycles. The highest BCUT2D eigenvalue weighted by Gasteiger charge is 2.17. The Bertz CT molecular complexity index is 391. The number of aryl methyl sites for hydroxylation is 2. The number of benzene rings is 1. The molecule has 72 valence electrons. The van der Waals surface area contributed by atoms with Crippen LogP contribution < -0.4 is 0 Å². The molecule has 2 rings (SSSR count). The van der Waals surface area contributed by atoms with Crippen LogP contribution in [0.4, 0.5) is 0 Å². The van der Waals surface area contributed by atoms with E-state index in [-0.39, 0.29) is 6.04 Å². The maximum absolute atomic E-state index is 10.1. The molecular formula is C12H13NO. The minimum Gasteiger partial charge on any atom is -0.211 e. The molecule has 1 aliphatic rings. The van der Waals surface area contributed by atoms with E-state index < -0.39 is 0 Å². The van der Waals surface area contributed by atoms with Gasteiger partial charge in [-0.05, 0) is 37.3 Å². The average molecular weight is 187 g/mol. The van der Waals surface area contributed by atoms with Crippen LogP contribution in [0.2, 0.25) is 0 Å². The number of hydrogen-bond acceptors (Lipinski definition) is 2. The van der Waals surface area contributed by atoms with Crippen molar-refractivity contribution in [3.8, 4) is 0 Å². The molecule has 0 aliphatic heterocycles. The number of fused-ring (bicyclic) bond motifs is 1. The number of nitrogens with zero attached hydrogens (tertiary/aromatic N) is 1. The van der Waals surface area contributed by atoms with Gasteiger partial charge in [-0.25, -0.2) is 9.79 Å². The lowest BCUT2D eigenvalue weighted by molar-refractivity contribution is 0.539. The Labute approximate surface area is 83.7 Å². The first-order valence-corrected chi connectivity index (χ1v) is 4.95. The Kier molecular flexibility index (Phi) is 2.47. The highest BCUT2D eigenvalue weighted by atomic mass is 16.1. The van der Waals surface area contributed by atoms with Gasteiger partial charge in [0.2, 0.25) is 6.08 Å². The third-order valence-electron chi connectivity index (χ3n) is 2.80. The van der Waals surface area contributed by atoms with E-state index in [2.05, 4.69) is 30.1 Å². The summed E-state index contributed by atoms with van der Waals surface area (Å²) in [5, 5.41) is 0. The van der Waals surface area contributed by atoms with Crippen molar-refractivity contribution >= 4 is 6.08 Å². The van der Waals surface area contributed by atoms with Crippen molar-refractivity contribution in [2.75, 3.05) is 0 Å². The summed E-state index contributed by atoms with van der Waals surface area (Å²) in [6.07, 6.45) is 4.56. The molecule has 1 aromatic carbocycles. The van der Waals surface area contributed by atoms with Crippen molar-refractivity contribution in [3.63, 3.8) is 0 Å². The van der Waals surface area contributed by atoms with Gasteiger partial charge in [0.25, 0.3) is 0 Å². The third-order valence-corrected chi connectivity index (χ3v) is 2.80. The highest BCUT2D eigenvalue weighted by molar-refractivity contribution is 5.37. The van der Waals surface area contributed by atoms with Crippen LogP contribution >= 0.6 is 0 Å². The van der Waals surface area contributed by atoms with Crippen LogP contribution in [0.15, 0.2) is 23.2 Å². The van der Waals surface area contributed by atoms with Crippen LogP contribution in [-0.2, 0) is 17.6 Å². The van der Waals surface area contributed by atoms with E-state index in [4.69, 9.17) is 0 Å². The predicted octanol–water partition coefficient (Wildman–Crippen LogP) is 2.19. The predicted molar refractivity (Wildman–Crippen MR) is 55.1 cm³/mol. The fourth-order valence-electron chi connectivity index (χ4n) is 2.05. The molecule has 2 heteroatoms. The first kappa shape index (κ1) is 9.17. The summed E-state index contributed by atoms with van der Waals surface area (Å²) in [5.41, 5.74) is 4.06. The fraction of sp³-hybridized carbons (Fsp3) is 0.417. The normalized spacial score (nSPS) is 19.6. The van der Waals surface area contributed by atoms with Gasteiger partial charge in [0.1, 0.15) is 0 Å². The van der Waals surface area contributed by atoms with Crippen LogP contribution in [0.5, 0.6) is 0 Å². The maximum Gasteiger partial charge on any atom is 0.235 e. The first-order valence-electron chi connectivity index (χ1n) is 4.95. The summed E-state index contributed by atoms with van der Waals surface area (Å²) in [6.45, 7) is 2.11. The summed E-state index contributed by atoms with van der Waals surface area (Å²) < 4.78 is 0. The molecule has 0 N–H and O–H groups in total. The van der Waals surface area contributed by atoms with Crippen molar-refractivity contribution in [1.29, 1.82) is 0 Å². The molecule has 0 fully saturated rings. The van der Waals surface area contributed by atoms with E-state index in [1.54, 1.807) is 6.08 Å². The van der Waals surface area contributed by atoms with Crippen LogP contribution in [0.3, 0.4) is 0 Å². The number of aliphatic imine (C=N–C) groups is 1. The van der Waals surface area contributed by atoms with Crippen LogP contribution in [0.25, 0.3) is 0 Å². The molecule has 14 heavy (non-hydrogen) atoms. The first-order chi connectivity index (χ1) is 6.79. The topological polar surface area (TPSA) is 29.4 Å². The second-order valence-electron chi connectivity index (χ2n) is 3.89. The van der Waals surface area contributed by atoms with Gasteiger partial charge in [-0.2, -0.15) is 0 Å². The monoisotopic (exact) mass is 187 g/mol. The van der Waals surface area contributed by atoms with E-state index >= 15 is 0 Å². The second kappa shape index (κ2) is 3.77. The Balaban J connectivity index is 2.27. The van der Waals surface area contributed by atoms with Crippen molar-refractivity contribution in [2.45, 2.75) is 32.2 Å². The molecule has 1 atom stereocenters. The number of rotatable bonds is 1. The summed E-state index contributed by atoms with van der Waals surface area (Å²) in [6, 6.07) is 6.65. The zero-order valence-corrected chi connectivity index (χ0v) is 8.29. The zero-order valence-electron chi connectivity index (χ0n) is 8.29. The van der Waals surface area contributed by atoms with Crippen LogP contribution in [0, 0.1) is 6.92 Å². The van der Waals surface area contributed by atoms with Crippen molar-refractivity contribution in [1.82, 2.24) is 0 Å². The van der Waals surface area contributed by atoms with E-state index in [0.29, 0.717) is 0 Å². The van der Waals surface area contributed by atoms with Crippen molar-refractivity contribution in [2.24, 2.45) is 4.99 Å². The van der Waals surface area contributed by atoms with Gasteiger partial charge in [0.15, 0.2) is 0 Å². The molecule has 1 aromatic rings.